The summed E-state index contributed by atoms with van der Waals surface area (Å²) >= 11 is 0. The largest absolute Gasteiger partial charge is 0.504 e. The van der Waals surface area contributed by atoms with Crippen molar-refractivity contribution in [2.45, 2.75) is 0 Å². The van der Waals surface area contributed by atoms with E-state index in [4.69, 9.17) is 4.74 Å². The van der Waals surface area contributed by atoms with Gasteiger partial charge >= 0.3 is 0 Å². The number of hydrogen-bond donors (Lipinski definition) is 3. The van der Waals surface area contributed by atoms with E-state index in [1.165, 1.54) is 25.5 Å². The van der Waals surface area contributed by atoms with Crippen molar-refractivity contribution in [1.82, 2.24) is 10.7 Å². The zero-order chi connectivity index (χ0) is 18.2. The zero-order valence-corrected chi connectivity index (χ0v) is 13.3. The van der Waals surface area contributed by atoms with Gasteiger partial charge < -0.3 is 15.2 Å². The van der Waals surface area contributed by atoms with Crippen LogP contribution in [-0.2, 0) is 4.79 Å². The Morgan fingerprint density at radius 1 is 1.24 bits per heavy atom. The number of rotatable bonds is 6. The van der Waals surface area contributed by atoms with Crippen LogP contribution in [0.3, 0.4) is 0 Å². The number of hydrazone groups is 1. The van der Waals surface area contributed by atoms with Crippen LogP contribution < -0.4 is 15.5 Å². The Kier molecular flexibility index (Phi) is 6.05. The van der Waals surface area contributed by atoms with Crippen molar-refractivity contribution in [3.05, 3.63) is 59.4 Å². The van der Waals surface area contributed by atoms with E-state index >= 15 is 0 Å². The predicted molar refractivity (Wildman–Crippen MR) is 89.1 cm³/mol. The van der Waals surface area contributed by atoms with Gasteiger partial charge in [0.05, 0.1) is 19.9 Å². The molecule has 0 radical (unpaired) electrons. The lowest BCUT2D eigenvalue weighted by atomic mass is 10.2. The molecule has 0 fully saturated rings. The molecular weight excluding hydrogens is 329 g/mol. The first-order valence-corrected chi connectivity index (χ1v) is 7.23. The summed E-state index contributed by atoms with van der Waals surface area (Å²) in [4.78, 5) is 23.4. The van der Waals surface area contributed by atoms with Crippen LogP contribution in [0.2, 0.25) is 0 Å². The van der Waals surface area contributed by atoms with Gasteiger partial charge in [-0.25, -0.2) is 9.82 Å². The summed E-state index contributed by atoms with van der Waals surface area (Å²) in [6.07, 6.45) is 1.25. The van der Waals surface area contributed by atoms with E-state index in [-0.39, 0.29) is 23.6 Å². The number of carbonyl (C=O) groups is 2. The number of nitrogens with zero attached hydrogens (tertiary/aromatic N) is 1. The normalized spacial score (nSPS) is 10.5. The number of para-hydroxylation sites is 1. The van der Waals surface area contributed by atoms with Gasteiger partial charge in [-0.3, -0.25) is 9.59 Å². The Hall–Kier alpha value is -3.42. The molecule has 0 bridgehead atoms. The van der Waals surface area contributed by atoms with Crippen LogP contribution in [0.4, 0.5) is 4.39 Å². The number of amides is 2. The van der Waals surface area contributed by atoms with Crippen molar-refractivity contribution in [2.24, 2.45) is 5.10 Å². The van der Waals surface area contributed by atoms with Crippen LogP contribution in [0.25, 0.3) is 0 Å². The first-order chi connectivity index (χ1) is 12.0. The van der Waals surface area contributed by atoms with E-state index in [2.05, 4.69) is 15.8 Å². The highest BCUT2D eigenvalue weighted by Gasteiger charge is 2.08. The molecule has 2 aromatic rings. The van der Waals surface area contributed by atoms with Crippen molar-refractivity contribution in [1.29, 1.82) is 0 Å². The number of carbonyl (C=O) groups excluding carboxylic acids is 2. The first-order valence-electron chi connectivity index (χ1n) is 7.23. The minimum Gasteiger partial charge on any atom is -0.504 e. The monoisotopic (exact) mass is 345 g/mol. The van der Waals surface area contributed by atoms with Gasteiger partial charge in [-0.05, 0) is 36.4 Å². The van der Waals surface area contributed by atoms with Crippen LogP contribution >= 0.6 is 0 Å². The van der Waals surface area contributed by atoms with Gasteiger partial charge in [0.1, 0.15) is 5.82 Å². The second-order valence-corrected chi connectivity index (χ2v) is 4.88. The van der Waals surface area contributed by atoms with Crippen LogP contribution in [0.5, 0.6) is 11.5 Å². The molecule has 0 aliphatic heterocycles. The van der Waals surface area contributed by atoms with Crippen molar-refractivity contribution in [2.75, 3.05) is 13.7 Å². The zero-order valence-electron chi connectivity index (χ0n) is 13.3. The highest BCUT2D eigenvalue weighted by molar-refractivity contribution is 5.96. The van der Waals surface area contributed by atoms with Crippen molar-refractivity contribution in [3.8, 4) is 11.5 Å². The molecule has 0 aliphatic rings. The average molecular weight is 345 g/mol. The smallest absolute Gasteiger partial charge is 0.259 e. The van der Waals surface area contributed by atoms with E-state index < -0.39 is 17.6 Å². The molecule has 0 aliphatic carbocycles. The summed E-state index contributed by atoms with van der Waals surface area (Å²) in [5.41, 5.74) is 2.81. The summed E-state index contributed by atoms with van der Waals surface area (Å²) in [6, 6.07) is 9.75. The molecule has 0 saturated carbocycles. The first kappa shape index (κ1) is 17.9. The Morgan fingerprint density at radius 2 is 1.96 bits per heavy atom. The third kappa shape index (κ3) is 5.03. The Balaban J connectivity index is 1.84. The molecule has 0 spiro atoms. The van der Waals surface area contributed by atoms with Gasteiger partial charge in [0.2, 0.25) is 0 Å². The summed E-state index contributed by atoms with van der Waals surface area (Å²) in [5, 5.41) is 15.9. The summed E-state index contributed by atoms with van der Waals surface area (Å²) in [5.74, 6) is -1.35. The molecule has 0 unspecified atom stereocenters. The summed E-state index contributed by atoms with van der Waals surface area (Å²) in [6.45, 7) is -0.308. The number of phenolic OH excluding ortho intramolecular Hbond substituents is 1. The van der Waals surface area contributed by atoms with E-state index in [0.717, 1.165) is 12.1 Å². The quantitative estimate of drug-likeness (QED) is 0.544. The van der Waals surface area contributed by atoms with Crippen molar-refractivity contribution in [3.63, 3.8) is 0 Å². The molecule has 25 heavy (non-hydrogen) atoms. The number of aromatic hydroxyl groups is 1. The third-order valence-electron chi connectivity index (χ3n) is 3.16. The van der Waals surface area contributed by atoms with E-state index in [0.29, 0.717) is 5.56 Å². The Morgan fingerprint density at radius 3 is 2.64 bits per heavy atom. The lowest BCUT2D eigenvalue weighted by molar-refractivity contribution is -0.120. The number of halogens is 1. The molecule has 0 saturated heterocycles. The summed E-state index contributed by atoms with van der Waals surface area (Å²) < 4.78 is 17.7. The lowest BCUT2D eigenvalue weighted by Gasteiger charge is -2.05. The molecule has 2 amide bonds. The van der Waals surface area contributed by atoms with Crippen LogP contribution in [0.1, 0.15) is 15.9 Å². The lowest BCUT2D eigenvalue weighted by Crippen LogP contribution is -2.34. The van der Waals surface area contributed by atoms with Crippen LogP contribution in [0, 0.1) is 5.82 Å². The molecular formula is C17H16FN3O4. The molecule has 0 aromatic heterocycles. The van der Waals surface area contributed by atoms with Gasteiger partial charge in [-0.1, -0.05) is 6.07 Å². The number of hydrogen-bond acceptors (Lipinski definition) is 5. The van der Waals surface area contributed by atoms with E-state index in [9.17, 15) is 19.1 Å². The fraction of sp³-hybridized carbons (Fsp3) is 0.118. The highest BCUT2D eigenvalue weighted by atomic mass is 19.1. The third-order valence-corrected chi connectivity index (χ3v) is 3.16. The topological polar surface area (TPSA) is 100 Å². The minimum absolute atomic E-state index is 0.104. The molecule has 2 rings (SSSR count). The van der Waals surface area contributed by atoms with Crippen LogP contribution in [-0.4, -0.2) is 36.8 Å². The Labute approximate surface area is 143 Å². The predicted octanol–water partition coefficient (Wildman–Crippen LogP) is 1.42. The van der Waals surface area contributed by atoms with Crippen molar-refractivity contribution < 1.29 is 23.8 Å². The SMILES string of the molecule is COc1cccc(C=NNC(=O)CNC(=O)c2ccc(F)cc2)c1O. The standard InChI is InChI=1S/C17H16FN3O4/c1-25-14-4-2-3-12(16(14)23)9-20-21-15(22)10-19-17(24)11-5-7-13(18)8-6-11/h2-9,23H,10H2,1H3,(H,19,24)(H,21,22). The van der Waals surface area contributed by atoms with Gasteiger partial charge in [0, 0.05) is 11.1 Å². The fourth-order valence-electron chi connectivity index (χ4n) is 1.89. The molecule has 0 atom stereocenters. The number of phenols is 1. The van der Waals surface area contributed by atoms with Gasteiger partial charge in [-0.2, -0.15) is 5.10 Å². The maximum atomic E-state index is 12.8. The van der Waals surface area contributed by atoms with Gasteiger partial charge in [0.25, 0.3) is 11.8 Å². The second kappa shape index (κ2) is 8.44. The average Bonchev–Trinajstić information content (AvgIpc) is 2.61. The molecule has 7 nitrogen and oxygen atoms in total. The number of nitrogens with one attached hydrogen (secondary N) is 2. The number of ether oxygens (including phenoxy) is 1. The van der Waals surface area contributed by atoms with E-state index in [1.807, 2.05) is 0 Å². The molecule has 8 heteroatoms. The number of methoxy groups -OCH3 is 1. The Bertz CT molecular complexity index is 791. The molecule has 0 heterocycles. The molecule has 3 N–H and O–H groups in total. The van der Waals surface area contributed by atoms with Crippen LogP contribution in [0.15, 0.2) is 47.6 Å². The van der Waals surface area contributed by atoms with E-state index in [1.54, 1.807) is 18.2 Å². The second-order valence-electron chi connectivity index (χ2n) is 4.88. The minimum atomic E-state index is -0.561. The van der Waals surface area contributed by atoms with Gasteiger partial charge in [-0.15, -0.1) is 0 Å². The van der Waals surface area contributed by atoms with Gasteiger partial charge in [0.15, 0.2) is 11.5 Å². The maximum Gasteiger partial charge on any atom is 0.259 e. The maximum absolute atomic E-state index is 12.8. The van der Waals surface area contributed by atoms with Crippen molar-refractivity contribution >= 4 is 18.0 Å². The summed E-state index contributed by atoms with van der Waals surface area (Å²) in [7, 11) is 1.42. The number of benzene rings is 2. The molecule has 2 aromatic carbocycles. The fourth-order valence-corrected chi connectivity index (χ4v) is 1.89. The molecule has 130 valence electrons. The highest BCUT2D eigenvalue weighted by Crippen LogP contribution is 2.27.